The van der Waals surface area contributed by atoms with E-state index in [1.807, 2.05) is 30.4 Å². The summed E-state index contributed by atoms with van der Waals surface area (Å²) in [6, 6.07) is 7.43. The fraction of sp³-hybridized carbons (Fsp3) is 0.364. The van der Waals surface area contributed by atoms with Gasteiger partial charge in [-0.1, -0.05) is 41.6 Å². The third kappa shape index (κ3) is 5.44. The van der Waals surface area contributed by atoms with Crippen molar-refractivity contribution in [3.63, 3.8) is 0 Å². The van der Waals surface area contributed by atoms with E-state index in [9.17, 15) is 9.90 Å². The van der Waals surface area contributed by atoms with Crippen molar-refractivity contribution in [2.45, 2.75) is 31.8 Å². The quantitative estimate of drug-likeness (QED) is 0.365. The van der Waals surface area contributed by atoms with E-state index in [1.165, 1.54) is 0 Å². The minimum atomic E-state index is -0.427. The van der Waals surface area contributed by atoms with Gasteiger partial charge in [-0.05, 0) is 38.4 Å². The highest BCUT2D eigenvalue weighted by Crippen LogP contribution is 2.19. The largest absolute Gasteiger partial charge is 0.389 e. The molecule has 0 radical (unpaired) electrons. The molecule has 0 fully saturated rings. The number of fused-ring (bicyclic) bond motifs is 1. The fourth-order valence-electron chi connectivity index (χ4n) is 3.41. The maximum Gasteiger partial charge on any atom is 0.272 e. The molecule has 2 aromatic heterocycles. The summed E-state index contributed by atoms with van der Waals surface area (Å²) in [7, 11) is 0. The summed E-state index contributed by atoms with van der Waals surface area (Å²) in [5.41, 5.74) is 0.706. The van der Waals surface area contributed by atoms with Gasteiger partial charge in [0.25, 0.3) is 5.56 Å². The SMILES string of the molecule is O=c1[nH]nc(NCCCNCCCc2nc(C3=CCC(O)C=C3)no2)c2ccccc12. The third-order valence-electron chi connectivity index (χ3n) is 5.07. The molecule has 0 saturated carbocycles. The van der Waals surface area contributed by atoms with Crippen LogP contribution in [-0.4, -0.2) is 51.2 Å². The van der Waals surface area contributed by atoms with E-state index in [0.717, 1.165) is 43.4 Å². The van der Waals surface area contributed by atoms with E-state index >= 15 is 0 Å². The van der Waals surface area contributed by atoms with Crippen molar-refractivity contribution in [2.24, 2.45) is 0 Å². The van der Waals surface area contributed by atoms with E-state index in [0.29, 0.717) is 35.8 Å². The van der Waals surface area contributed by atoms with Crippen LogP contribution in [0.4, 0.5) is 5.82 Å². The molecule has 9 heteroatoms. The molecule has 0 aliphatic heterocycles. The van der Waals surface area contributed by atoms with Gasteiger partial charge >= 0.3 is 0 Å². The van der Waals surface area contributed by atoms with E-state index in [1.54, 1.807) is 12.1 Å². The summed E-state index contributed by atoms with van der Waals surface area (Å²) in [6.45, 7) is 2.47. The summed E-state index contributed by atoms with van der Waals surface area (Å²) in [6.07, 6.45) is 8.16. The second-order valence-corrected chi connectivity index (χ2v) is 7.41. The molecule has 1 aromatic carbocycles. The van der Waals surface area contributed by atoms with Crippen molar-refractivity contribution in [3.05, 3.63) is 64.6 Å². The third-order valence-corrected chi connectivity index (χ3v) is 5.07. The monoisotopic (exact) mass is 422 g/mol. The van der Waals surface area contributed by atoms with Crippen LogP contribution >= 0.6 is 0 Å². The molecule has 0 spiro atoms. The summed E-state index contributed by atoms with van der Waals surface area (Å²) in [5.74, 6) is 1.88. The number of aliphatic hydroxyl groups is 1. The average Bonchev–Trinajstić information content (AvgIpc) is 3.26. The van der Waals surface area contributed by atoms with Crippen LogP contribution in [0.3, 0.4) is 0 Å². The van der Waals surface area contributed by atoms with Crippen LogP contribution in [0.2, 0.25) is 0 Å². The van der Waals surface area contributed by atoms with Gasteiger partial charge in [0, 0.05) is 23.9 Å². The van der Waals surface area contributed by atoms with Crippen LogP contribution in [0.5, 0.6) is 0 Å². The molecule has 4 N–H and O–H groups in total. The lowest BCUT2D eigenvalue weighted by Gasteiger charge is -2.08. The van der Waals surface area contributed by atoms with Gasteiger partial charge in [-0.15, -0.1) is 0 Å². The van der Waals surface area contributed by atoms with E-state index < -0.39 is 6.10 Å². The predicted molar refractivity (Wildman–Crippen MR) is 119 cm³/mol. The lowest BCUT2D eigenvalue weighted by atomic mass is 10.1. The van der Waals surface area contributed by atoms with E-state index in [2.05, 4.69) is 31.0 Å². The molecule has 9 nitrogen and oxygen atoms in total. The Morgan fingerprint density at radius 1 is 1.16 bits per heavy atom. The average molecular weight is 422 g/mol. The van der Waals surface area contributed by atoms with Crippen LogP contribution in [0.15, 0.2) is 51.8 Å². The second kappa shape index (κ2) is 10.1. The van der Waals surface area contributed by atoms with Gasteiger partial charge in [0.2, 0.25) is 11.7 Å². The molecule has 4 rings (SSSR count). The number of nitrogens with zero attached hydrogens (tertiary/aromatic N) is 3. The molecule has 2 heterocycles. The lowest BCUT2D eigenvalue weighted by Crippen LogP contribution is -2.20. The Morgan fingerprint density at radius 3 is 2.84 bits per heavy atom. The van der Waals surface area contributed by atoms with Crippen molar-refractivity contribution in [3.8, 4) is 0 Å². The lowest BCUT2D eigenvalue weighted by molar-refractivity contribution is 0.226. The summed E-state index contributed by atoms with van der Waals surface area (Å²) in [5, 5.41) is 28.3. The van der Waals surface area contributed by atoms with Gasteiger partial charge in [-0.25, -0.2) is 5.10 Å². The van der Waals surface area contributed by atoms with Gasteiger partial charge in [-0.2, -0.15) is 10.1 Å². The topological polar surface area (TPSA) is 129 Å². The molecular formula is C22H26N6O3. The molecule has 1 unspecified atom stereocenters. The first-order chi connectivity index (χ1) is 15.2. The number of allylic oxidation sites excluding steroid dienone is 2. The Hall–Kier alpha value is -3.30. The Kier molecular flexibility index (Phi) is 6.85. The molecule has 0 saturated heterocycles. The maximum absolute atomic E-state index is 11.8. The van der Waals surface area contributed by atoms with Gasteiger partial charge in [-0.3, -0.25) is 4.79 Å². The predicted octanol–water partition coefficient (Wildman–Crippen LogP) is 2.03. The first-order valence-corrected chi connectivity index (χ1v) is 10.5. The Balaban J connectivity index is 1.13. The first kappa shape index (κ1) is 21.0. The van der Waals surface area contributed by atoms with E-state index in [-0.39, 0.29) is 5.56 Å². The Labute approximate surface area is 179 Å². The van der Waals surface area contributed by atoms with Crippen LogP contribution in [0, 0.1) is 0 Å². The minimum absolute atomic E-state index is 0.179. The molecule has 1 atom stereocenters. The number of nitrogens with one attached hydrogen (secondary N) is 3. The second-order valence-electron chi connectivity index (χ2n) is 7.41. The maximum atomic E-state index is 11.8. The number of aromatic amines is 1. The molecule has 1 aliphatic rings. The van der Waals surface area contributed by atoms with Crippen LogP contribution < -0.4 is 16.2 Å². The Bertz CT molecular complexity index is 1130. The fourth-order valence-corrected chi connectivity index (χ4v) is 3.41. The highest BCUT2D eigenvalue weighted by molar-refractivity contribution is 5.90. The van der Waals surface area contributed by atoms with Crippen molar-refractivity contribution in [1.29, 1.82) is 0 Å². The zero-order valence-corrected chi connectivity index (χ0v) is 17.2. The zero-order valence-electron chi connectivity index (χ0n) is 17.2. The first-order valence-electron chi connectivity index (χ1n) is 10.5. The molecule has 0 amide bonds. The number of H-pyrrole nitrogens is 1. The number of anilines is 1. The smallest absolute Gasteiger partial charge is 0.272 e. The molecule has 31 heavy (non-hydrogen) atoms. The van der Waals surface area contributed by atoms with Gasteiger partial charge in [0.05, 0.1) is 11.5 Å². The van der Waals surface area contributed by atoms with Gasteiger partial charge < -0.3 is 20.3 Å². The number of aryl methyl sites for hydroxylation is 1. The molecule has 0 bridgehead atoms. The van der Waals surface area contributed by atoms with E-state index in [4.69, 9.17) is 4.52 Å². The number of aliphatic hydroxyl groups excluding tert-OH is 1. The molecule has 1 aliphatic carbocycles. The number of hydrogen-bond acceptors (Lipinski definition) is 8. The summed E-state index contributed by atoms with van der Waals surface area (Å²) < 4.78 is 5.31. The van der Waals surface area contributed by atoms with Crippen molar-refractivity contribution in [2.75, 3.05) is 25.0 Å². The molecular weight excluding hydrogens is 396 g/mol. The summed E-state index contributed by atoms with van der Waals surface area (Å²) >= 11 is 0. The number of hydrogen-bond donors (Lipinski definition) is 4. The molecule has 162 valence electrons. The number of benzene rings is 1. The number of rotatable bonds is 10. The Morgan fingerprint density at radius 2 is 2.00 bits per heavy atom. The normalized spacial score (nSPS) is 15.9. The minimum Gasteiger partial charge on any atom is -0.389 e. The highest BCUT2D eigenvalue weighted by Gasteiger charge is 2.12. The standard InChI is InChI=1S/C22H26N6O3/c29-16-10-8-15(9-11-16)20-25-19(31-28-20)7-3-12-23-13-4-14-24-21-17-5-1-2-6-18(17)22(30)27-26-21/h1-2,5-6,8-10,16,23,29H,3-4,7,11-14H2,(H,24,26)(H,27,30). The van der Waals surface area contributed by atoms with Gasteiger partial charge in [0.1, 0.15) is 0 Å². The van der Waals surface area contributed by atoms with Crippen molar-refractivity contribution >= 4 is 22.2 Å². The molecule has 3 aromatic rings. The zero-order chi connectivity index (χ0) is 21.5. The van der Waals surface area contributed by atoms with Crippen LogP contribution in [-0.2, 0) is 6.42 Å². The van der Waals surface area contributed by atoms with Crippen LogP contribution in [0.1, 0.15) is 31.0 Å². The van der Waals surface area contributed by atoms with Crippen molar-refractivity contribution in [1.82, 2.24) is 25.7 Å². The van der Waals surface area contributed by atoms with Gasteiger partial charge in [0.15, 0.2) is 5.82 Å². The van der Waals surface area contributed by atoms with Crippen LogP contribution in [0.25, 0.3) is 16.3 Å². The van der Waals surface area contributed by atoms with Crippen molar-refractivity contribution < 1.29 is 9.63 Å². The highest BCUT2D eigenvalue weighted by atomic mass is 16.5. The number of aromatic nitrogens is 4. The summed E-state index contributed by atoms with van der Waals surface area (Å²) in [4.78, 5) is 16.2.